The van der Waals surface area contributed by atoms with Crippen LogP contribution in [-0.2, 0) is 6.54 Å². The van der Waals surface area contributed by atoms with Gasteiger partial charge in [0.25, 0.3) is 5.91 Å². The van der Waals surface area contributed by atoms with Gasteiger partial charge in [-0.25, -0.2) is 0 Å². The number of fused-ring (bicyclic) bond motifs is 1. The smallest absolute Gasteiger partial charge is 0.273 e. The minimum absolute atomic E-state index is 0.0157. The van der Waals surface area contributed by atoms with Crippen LogP contribution in [0, 0.1) is 0 Å². The van der Waals surface area contributed by atoms with Crippen molar-refractivity contribution in [2.24, 2.45) is 0 Å². The molecule has 0 aliphatic carbocycles. The summed E-state index contributed by atoms with van der Waals surface area (Å²) in [6, 6.07) is 13.9. The van der Waals surface area contributed by atoms with E-state index in [9.17, 15) is 4.79 Å². The van der Waals surface area contributed by atoms with Gasteiger partial charge in [0, 0.05) is 37.3 Å². The maximum atomic E-state index is 13.1. The Bertz CT molecular complexity index is 870. The number of nitrogens with zero attached hydrogens (tertiary/aromatic N) is 3. The first-order valence-corrected chi connectivity index (χ1v) is 8.62. The fraction of sp³-hybridized carbons (Fsp3) is 0.300. The average molecular weight is 335 g/mol. The molecule has 4 rings (SSSR count). The summed E-state index contributed by atoms with van der Waals surface area (Å²) >= 11 is 0. The zero-order chi connectivity index (χ0) is 17.2. The van der Waals surface area contributed by atoms with Crippen LogP contribution in [0.4, 0.5) is 0 Å². The fourth-order valence-electron chi connectivity index (χ4n) is 3.53. The Labute approximate surface area is 146 Å². The van der Waals surface area contributed by atoms with E-state index in [1.807, 2.05) is 47.4 Å². The van der Waals surface area contributed by atoms with Gasteiger partial charge in [-0.1, -0.05) is 24.3 Å². The Morgan fingerprint density at radius 3 is 2.88 bits per heavy atom. The Balaban J connectivity index is 1.51. The van der Waals surface area contributed by atoms with Crippen molar-refractivity contribution in [2.75, 3.05) is 19.6 Å². The largest absolute Gasteiger partial charge is 0.468 e. The highest BCUT2D eigenvalue weighted by Crippen LogP contribution is 2.21. The van der Waals surface area contributed by atoms with Gasteiger partial charge in [0.15, 0.2) is 0 Å². The molecule has 3 aromatic rings. The number of piperazine rings is 1. The lowest BCUT2D eigenvalue weighted by atomic mass is 10.1. The number of pyridine rings is 1. The molecule has 0 unspecified atom stereocenters. The molecule has 1 atom stereocenters. The third-order valence-corrected chi connectivity index (χ3v) is 4.81. The third-order valence-electron chi connectivity index (χ3n) is 4.81. The molecule has 0 spiro atoms. The van der Waals surface area contributed by atoms with Crippen molar-refractivity contribution < 1.29 is 9.21 Å². The Morgan fingerprint density at radius 1 is 1.20 bits per heavy atom. The Kier molecular flexibility index (Phi) is 4.24. The van der Waals surface area contributed by atoms with Crippen molar-refractivity contribution in [1.29, 1.82) is 0 Å². The van der Waals surface area contributed by atoms with Crippen LogP contribution in [0.5, 0.6) is 0 Å². The van der Waals surface area contributed by atoms with Gasteiger partial charge in [0.05, 0.1) is 12.8 Å². The minimum atomic E-state index is 0.0157. The lowest BCUT2D eigenvalue weighted by molar-refractivity contribution is 0.0460. The Morgan fingerprint density at radius 2 is 2.08 bits per heavy atom. The van der Waals surface area contributed by atoms with Gasteiger partial charge in [-0.15, -0.1) is 0 Å². The molecule has 1 aromatic carbocycles. The van der Waals surface area contributed by atoms with Gasteiger partial charge in [-0.2, -0.15) is 0 Å². The third kappa shape index (κ3) is 3.15. The van der Waals surface area contributed by atoms with E-state index in [1.165, 1.54) is 0 Å². The molecule has 0 N–H and O–H groups in total. The van der Waals surface area contributed by atoms with Crippen molar-refractivity contribution >= 4 is 16.7 Å². The van der Waals surface area contributed by atoms with Gasteiger partial charge in [-0.3, -0.25) is 14.7 Å². The summed E-state index contributed by atoms with van der Waals surface area (Å²) in [6.45, 7) is 5.24. The van der Waals surface area contributed by atoms with Crippen molar-refractivity contribution in [3.63, 3.8) is 0 Å². The molecular formula is C20H21N3O2. The monoisotopic (exact) mass is 335 g/mol. The van der Waals surface area contributed by atoms with Crippen molar-refractivity contribution in [1.82, 2.24) is 14.8 Å². The molecule has 5 nitrogen and oxygen atoms in total. The number of benzene rings is 1. The first kappa shape index (κ1) is 15.8. The van der Waals surface area contributed by atoms with Gasteiger partial charge < -0.3 is 9.32 Å². The van der Waals surface area contributed by atoms with E-state index >= 15 is 0 Å². The molecular weight excluding hydrogens is 314 g/mol. The second kappa shape index (κ2) is 6.69. The van der Waals surface area contributed by atoms with E-state index in [2.05, 4.69) is 16.8 Å². The van der Waals surface area contributed by atoms with E-state index in [0.29, 0.717) is 12.2 Å². The molecule has 1 fully saturated rings. The van der Waals surface area contributed by atoms with E-state index in [-0.39, 0.29) is 11.9 Å². The Hall–Kier alpha value is -2.66. The minimum Gasteiger partial charge on any atom is -0.468 e. The molecule has 1 saturated heterocycles. The second-order valence-corrected chi connectivity index (χ2v) is 6.54. The first-order chi connectivity index (χ1) is 12.2. The lowest BCUT2D eigenvalue weighted by Gasteiger charge is -2.39. The van der Waals surface area contributed by atoms with Crippen molar-refractivity contribution in [3.05, 3.63) is 66.4 Å². The zero-order valence-electron chi connectivity index (χ0n) is 14.3. The van der Waals surface area contributed by atoms with Gasteiger partial charge in [-0.05, 0) is 30.5 Å². The van der Waals surface area contributed by atoms with Crippen LogP contribution < -0.4 is 0 Å². The molecule has 0 radical (unpaired) electrons. The maximum Gasteiger partial charge on any atom is 0.273 e. The molecule has 1 aliphatic rings. The highest BCUT2D eigenvalue weighted by Gasteiger charge is 2.29. The number of hydrogen-bond acceptors (Lipinski definition) is 4. The van der Waals surface area contributed by atoms with E-state index in [4.69, 9.17) is 4.42 Å². The average Bonchev–Trinajstić information content (AvgIpc) is 3.14. The fourth-order valence-corrected chi connectivity index (χ4v) is 3.53. The van der Waals surface area contributed by atoms with Crippen molar-refractivity contribution in [3.8, 4) is 0 Å². The quantitative estimate of drug-likeness (QED) is 0.738. The normalized spacial score (nSPS) is 18.6. The summed E-state index contributed by atoms with van der Waals surface area (Å²) < 4.78 is 5.43. The molecule has 3 heterocycles. The molecule has 0 saturated carbocycles. The van der Waals surface area contributed by atoms with Crippen LogP contribution in [-0.4, -0.2) is 46.4 Å². The molecule has 1 aliphatic heterocycles. The molecule has 0 bridgehead atoms. The molecule has 1 amide bonds. The number of carbonyl (C=O) groups is 1. The second-order valence-electron chi connectivity index (χ2n) is 6.54. The number of furan rings is 1. The lowest BCUT2D eigenvalue weighted by Crippen LogP contribution is -2.53. The summed E-state index contributed by atoms with van der Waals surface area (Å²) in [4.78, 5) is 21.7. The first-order valence-electron chi connectivity index (χ1n) is 8.62. The van der Waals surface area contributed by atoms with E-state index in [1.54, 1.807) is 12.5 Å². The summed E-state index contributed by atoms with van der Waals surface area (Å²) in [6.07, 6.45) is 3.41. The molecule has 5 heteroatoms. The van der Waals surface area contributed by atoms with Crippen LogP contribution >= 0.6 is 0 Å². The predicted octanol–water partition coefficient (Wildman–Crippen LogP) is 3.17. The molecule has 2 aromatic heterocycles. The molecule has 128 valence electrons. The van der Waals surface area contributed by atoms with Crippen LogP contribution in [0.25, 0.3) is 10.8 Å². The number of carbonyl (C=O) groups excluding carboxylic acids is 1. The van der Waals surface area contributed by atoms with E-state index in [0.717, 1.165) is 36.2 Å². The van der Waals surface area contributed by atoms with Crippen molar-refractivity contribution in [2.45, 2.75) is 19.5 Å². The summed E-state index contributed by atoms with van der Waals surface area (Å²) in [5.41, 5.74) is 0.546. The standard InChI is InChI=1S/C20H21N3O2/c1-15-13-22(14-17-6-4-12-25-17)10-11-23(15)20(24)19-18-7-3-2-5-16(18)8-9-21-19/h2-9,12,15H,10-11,13-14H2,1H3/t15-/m1/s1. The zero-order valence-corrected chi connectivity index (χ0v) is 14.3. The van der Waals surface area contributed by atoms with Gasteiger partial charge >= 0.3 is 0 Å². The van der Waals surface area contributed by atoms with Gasteiger partial charge in [0.2, 0.25) is 0 Å². The predicted molar refractivity (Wildman–Crippen MR) is 96.2 cm³/mol. The van der Waals surface area contributed by atoms with Gasteiger partial charge in [0.1, 0.15) is 11.5 Å². The van der Waals surface area contributed by atoms with Crippen LogP contribution in [0.2, 0.25) is 0 Å². The number of aromatic nitrogens is 1. The highest BCUT2D eigenvalue weighted by molar-refractivity contribution is 6.05. The van der Waals surface area contributed by atoms with Crippen LogP contribution in [0.3, 0.4) is 0 Å². The number of amides is 1. The van der Waals surface area contributed by atoms with Crippen LogP contribution in [0.1, 0.15) is 23.2 Å². The summed E-state index contributed by atoms with van der Waals surface area (Å²) in [5, 5.41) is 1.96. The topological polar surface area (TPSA) is 49.6 Å². The highest BCUT2D eigenvalue weighted by atomic mass is 16.3. The molecule has 25 heavy (non-hydrogen) atoms. The van der Waals surface area contributed by atoms with Crippen LogP contribution in [0.15, 0.2) is 59.3 Å². The number of rotatable bonds is 3. The summed E-state index contributed by atoms with van der Waals surface area (Å²) in [7, 11) is 0. The maximum absolute atomic E-state index is 13.1. The SMILES string of the molecule is C[C@@H]1CN(Cc2ccco2)CCN1C(=O)c1nccc2ccccc12. The summed E-state index contributed by atoms with van der Waals surface area (Å²) in [5.74, 6) is 0.977. The van der Waals surface area contributed by atoms with E-state index < -0.39 is 0 Å². The number of hydrogen-bond donors (Lipinski definition) is 0.